The highest BCUT2D eigenvalue weighted by Crippen LogP contribution is 2.17. The van der Waals surface area contributed by atoms with E-state index in [2.05, 4.69) is 47.5 Å². The van der Waals surface area contributed by atoms with Gasteiger partial charge in [0.2, 0.25) is 0 Å². The molecule has 24 heavy (non-hydrogen) atoms. The molecular weight excluding hydrogens is 320 g/mol. The third-order valence-corrected chi connectivity index (χ3v) is 5.25. The molecule has 1 aromatic carbocycles. The van der Waals surface area contributed by atoms with Gasteiger partial charge in [0.15, 0.2) is 0 Å². The molecule has 1 aromatic heterocycles. The zero-order valence-corrected chi connectivity index (χ0v) is 14.9. The van der Waals surface area contributed by atoms with Gasteiger partial charge in [0.05, 0.1) is 18.8 Å². The van der Waals surface area contributed by atoms with Crippen LogP contribution in [-0.4, -0.2) is 48.4 Å². The third-order valence-electron chi connectivity index (χ3n) is 4.55. The van der Waals surface area contributed by atoms with Gasteiger partial charge in [0.25, 0.3) is 0 Å². The Morgan fingerprint density at radius 2 is 2.17 bits per heavy atom. The molecule has 2 aromatic rings. The molecule has 130 valence electrons. The van der Waals surface area contributed by atoms with Crippen molar-refractivity contribution in [3.63, 3.8) is 0 Å². The molecule has 0 spiro atoms. The minimum atomic E-state index is -0.456. The van der Waals surface area contributed by atoms with Gasteiger partial charge < -0.3 is 15.2 Å². The van der Waals surface area contributed by atoms with E-state index in [9.17, 15) is 5.11 Å². The summed E-state index contributed by atoms with van der Waals surface area (Å²) in [6, 6.07) is 12.7. The van der Waals surface area contributed by atoms with Crippen molar-refractivity contribution in [1.29, 1.82) is 0 Å². The maximum atomic E-state index is 10.2. The van der Waals surface area contributed by atoms with Crippen LogP contribution in [0.5, 0.6) is 0 Å². The largest absolute Gasteiger partial charge is 0.387 e. The summed E-state index contributed by atoms with van der Waals surface area (Å²) in [4.78, 5) is 2.44. The summed E-state index contributed by atoms with van der Waals surface area (Å²) >= 11 is 1.61. The molecule has 3 atom stereocenters. The number of hydrogen-bond donors (Lipinski definition) is 2. The quantitative estimate of drug-likeness (QED) is 0.809. The standard InChI is InChI=1S/C19H26N2O2S/c1-15(20-11-18(22)17-7-10-24-14-17)19-13-21(8-9-23-19)12-16-5-3-2-4-6-16/h2-7,10,14-15,18-20,22H,8-9,11-13H2,1H3. The Kier molecular flexibility index (Phi) is 6.40. The average Bonchev–Trinajstić information content (AvgIpc) is 3.15. The first-order valence-corrected chi connectivity index (χ1v) is 9.48. The van der Waals surface area contributed by atoms with Crippen LogP contribution in [0.2, 0.25) is 0 Å². The monoisotopic (exact) mass is 346 g/mol. The van der Waals surface area contributed by atoms with Crippen LogP contribution in [0.25, 0.3) is 0 Å². The van der Waals surface area contributed by atoms with Crippen molar-refractivity contribution in [2.75, 3.05) is 26.2 Å². The van der Waals surface area contributed by atoms with Crippen molar-refractivity contribution in [1.82, 2.24) is 10.2 Å². The topological polar surface area (TPSA) is 44.7 Å². The Labute approximate surface area is 148 Å². The number of nitrogens with one attached hydrogen (secondary N) is 1. The van der Waals surface area contributed by atoms with Gasteiger partial charge in [-0.3, -0.25) is 4.90 Å². The van der Waals surface area contributed by atoms with E-state index < -0.39 is 6.10 Å². The number of benzene rings is 1. The number of rotatable bonds is 7. The zero-order chi connectivity index (χ0) is 16.8. The Hall–Kier alpha value is -1.24. The summed E-state index contributed by atoms with van der Waals surface area (Å²) in [6.07, 6.45) is -0.306. The molecule has 0 radical (unpaired) electrons. The first-order valence-electron chi connectivity index (χ1n) is 8.54. The van der Waals surface area contributed by atoms with Crippen molar-refractivity contribution in [2.45, 2.75) is 31.7 Å². The summed E-state index contributed by atoms with van der Waals surface area (Å²) in [5.74, 6) is 0. The predicted molar refractivity (Wildman–Crippen MR) is 98.2 cm³/mol. The zero-order valence-electron chi connectivity index (χ0n) is 14.1. The van der Waals surface area contributed by atoms with Crippen LogP contribution in [0.4, 0.5) is 0 Å². The molecule has 5 heteroatoms. The molecule has 4 nitrogen and oxygen atoms in total. The number of thiophene rings is 1. The van der Waals surface area contributed by atoms with Gasteiger partial charge >= 0.3 is 0 Å². The van der Waals surface area contributed by atoms with E-state index in [4.69, 9.17) is 4.74 Å². The maximum Gasteiger partial charge on any atom is 0.0922 e. The molecule has 3 rings (SSSR count). The molecule has 2 heterocycles. The van der Waals surface area contributed by atoms with Crippen LogP contribution in [0.3, 0.4) is 0 Å². The summed E-state index contributed by atoms with van der Waals surface area (Å²) in [7, 11) is 0. The van der Waals surface area contributed by atoms with Crippen LogP contribution in [0.15, 0.2) is 47.2 Å². The normalized spacial score (nSPS) is 21.5. The first-order chi connectivity index (χ1) is 11.7. The average molecular weight is 346 g/mol. The fourth-order valence-corrected chi connectivity index (χ4v) is 3.74. The summed E-state index contributed by atoms with van der Waals surface area (Å²) in [6.45, 7) is 6.29. The van der Waals surface area contributed by atoms with Gasteiger partial charge in [0, 0.05) is 32.2 Å². The Morgan fingerprint density at radius 1 is 1.33 bits per heavy atom. The van der Waals surface area contributed by atoms with E-state index in [1.165, 1.54) is 5.56 Å². The molecule has 1 aliphatic rings. The molecule has 1 saturated heterocycles. The SMILES string of the molecule is CC(NCC(O)c1ccsc1)C1CN(Cc2ccccc2)CCO1. The Bertz CT molecular complexity index is 591. The van der Waals surface area contributed by atoms with E-state index in [0.29, 0.717) is 6.54 Å². The molecule has 0 aliphatic carbocycles. The second-order valence-corrected chi connectivity index (χ2v) is 7.18. The van der Waals surface area contributed by atoms with Crippen molar-refractivity contribution in [2.24, 2.45) is 0 Å². The fourth-order valence-electron chi connectivity index (χ4n) is 3.03. The van der Waals surface area contributed by atoms with Gasteiger partial charge in [-0.2, -0.15) is 11.3 Å². The first kappa shape index (κ1) is 17.6. The van der Waals surface area contributed by atoms with E-state index in [1.54, 1.807) is 11.3 Å². The molecular formula is C19H26N2O2S. The molecule has 1 fully saturated rings. The predicted octanol–water partition coefficient (Wildman–Crippen LogP) is 2.66. The van der Waals surface area contributed by atoms with Gasteiger partial charge in [-0.05, 0) is 34.9 Å². The van der Waals surface area contributed by atoms with Gasteiger partial charge in [-0.15, -0.1) is 0 Å². The lowest BCUT2D eigenvalue weighted by Crippen LogP contribution is -2.51. The Morgan fingerprint density at radius 3 is 2.92 bits per heavy atom. The lowest BCUT2D eigenvalue weighted by molar-refractivity contribution is -0.0473. The molecule has 0 saturated carbocycles. The van der Waals surface area contributed by atoms with Gasteiger partial charge in [-0.1, -0.05) is 30.3 Å². The minimum absolute atomic E-state index is 0.150. The number of ether oxygens (including phenoxy) is 1. The maximum absolute atomic E-state index is 10.2. The number of morpholine rings is 1. The second-order valence-electron chi connectivity index (χ2n) is 6.40. The lowest BCUT2D eigenvalue weighted by Gasteiger charge is -2.36. The highest BCUT2D eigenvalue weighted by molar-refractivity contribution is 7.07. The fraction of sp³-hybridized carbons (Fsp3) is 0.474. The van der Waals surface area contributed by atoms with Crippen LogP contribution >= 0.6 is 11.3 Å². The summed E-state index contributed by atoms with van der Waals surface area (Å²) in [5, 5.41) is 17.6. The van der Waals surface area contributed by atoms with Crippen molar-refractivity contribution >= 4 is 11.3 Å². The highest BCUT2D eigenvalue weighted by Gasteiger charge is 2.25. The summed E-state index contributed by atoms with van der Waals surface area (Å²) < 4.78 is 5.95. The van der Waals surface area contributed by atoms with Crippen molar-refractivity contribution in [3.8, 4) is 0 Å². The lowest BCUT2D eigenvalue weighted by atomic mass is 10.1. The van der Waals surface area contributed by atoms with Crippen LogP contribution in [-0.2, 0) is 11.3 Å². The van der Waals surface area contributed by atoms with E-state index in [1.807, 2.05) is 16.8 Å². The molecule has 2 N–H and O–H groups in total. The second kappa shape index (κ2) is 8.74. The number of aliphatic hydroxyl groups is 1. The molecule has 3 unspecified atom stereocenters. The number of aliphatic hydroxyl groups excluding tert-OH is 1. The number of hydrogen-bond acceptors (Lipinski definition) is 5. The van der Waals surface area contributed by atoms with Gasteiger partial charge in [-0.25, -0.2) is 0 Å². The molecule has 1 aliphatic heterocycles. The van der Waals surface area contributed by atoms with Crippen molar-refractivity contribution in [3.05, 3.63) is 58.3 Å². The molecule has 0 amide bonds. The highest BCUT2D eigenvalue weighted by atomic mass is 32.1. The third kappa shape index (κ3) is 4.88. The van der Waals surface area contributed by atoms with Crippen molar-refractivity contribution < 1.29 is 9.84 Å². The number of nitrogens with zero attached hydrogens (tertiary/aromatic N) is 1. The van der Waals surface area contributed by atoms with Crippen LogP contribution < -0.4 is 5.32 Å². The Balaban J connectivity index is 1.47. The van der Waals surface area contributed by atoms with Crippen LogP contribution in [0, 0.1) is 0 Å². The van der Waals surface area contributed by atoms with Crippen LogP contribution in [0.1, 0.15) is 24.2 Å². The van der Waals surface area contributed by atoms with E-state index >= 15 is 0 Å². The van der Waals surface area contributed by atoms with Gasteiger partial charge in [0.1, 0.15) is 0 Å². The molecule has 0 bridgehead atoms. The minimum Gasteiger partial charge on any atom is -0.387 e. The van der Waals surface area contributed by atoms with E-state index in [0.717, 1.165) is 31.8 Å². The van der Waals surface area contributed by atoms with E-state index in [-0.39, 0.29) is 12.1 Å². The smallest absolute Gasteiger partial charge is 0.0922 e. The summed E-state index contributed by atoms with van der Waals surface area (Å²) in [5.41, 5.74) is 2.32.